The highest BCUT2D eigenvalue weighted by Gasteiger charge is 2.28. The van der Waals surface area contributed by atoms with E-state index >= 15 is 0 Å². The van der Waals surface area contributed by atoms with Crippen LogP contribution >= 0.6 is 0 Å². The second-order valence-corrected chi connectivity index (χ2v) is 9.72. The van der Waals surface area contributed by atoms with Crippen LogP contribution in [-0.2, 0) is 4.74 Å². The second kappa shape index (κ2) is 10.4. The minimum atomic E-state index is -2.77. The molecule has 9 nitrogen and oxygen atoms in total. The van der Waals surface area contributed by atoms with Crippen molar-refractivity contribution in [1.82, 2.24) is 19.5 Å². The van der Waals surface area contributed by atoms with E-state index in [4.69, 9.17) is 20.9 Å². The molecule has 0 radical (unpaired) electrons. The summed E-state index contributed by atoms with van der Waals surface area (Å²) < 4.78 is 35.4. The Morgan fingerprint density at radius 3 is 2.64 bits per heavy atom. The number of halogens is 2. The number of nitrogens with two attached hydrogens (primary N) is 1. The summed E-state index contributed by atoms with van der Waals surface area (Å²) in [6, 6.07) is 9.02. The van der Waals surface area contributed by atoms with Gasteiger partial charge in [0.05, 0.1) is 23.7 Å². The summed E-state index contributed by atoms with van der Waals surface area (Å²) in [7, 11) is 0. The molecule has 1 saturated carbocycles. The molecular weight excluding hydrogens is 466 g/mol. The van der Waals surface area contributed by atoms with Gasteiger partial charge in [-0.25, -0.2) is 13.8 Å². The number of benzene rings is 1. The normalized spacial score (nSPS) is 24.9. The number of ether oxygens (including phenoxy) is 1. The number of aromatic nitrogens is 4. The predicted molar refractivity (Wildman–Crippen MR) is 135 cm³/mol. The van der Waals surface area contributed by atoms with Gasteiger partial charge in [0.15, 0.2) is 5.82 Å². The van der Waals surface area contributed by atoms with Crippen LogP contribution in [0.5, 0.6) is 0 Å². The van der Waals surface area contributed by atoms with E-state index in [2.05, 4.69) is 15.3 Å². The third kappa shape index (κ3) is 5.17. The van der Waals surface area contributed by atoms with Crippen LogP contribution < -0.4 is 16.0 Å². The largest absolute Gasteiger partial charge is 0.366 e. The van der Waals surface area contributed by atoms with Gasteiger partial charge in [0.1, 0.15) is 17.7 Å². The average molecular weight is 499 g/mol. The minimum absolute atomic E-state index is 0.114. The molecule has 2 aromatic heterocycles. The van der Waals surface area contributed by atoms with Gasteiger partial charge in [0.25, 0.3) is 6.43 Å². The maximum atomic E-state index is 14.1. The fraction of sp³-hybridized carbons (Fsp3) is 0.520. The Bertz CT molecular complexity index is 1210. The molecule has 192 valence electrons. The zero-order valence-corrected chi connectivity index (χ0v) is 20.3. The van der Waals surface area contributed by atoms with E-state index in [1.807, 2.05) is 11.8 Å². The summed E-state index contributed by atoms with van der Waals surface area (Å²) in [5, 5.41) is 11.0. The highest BCUT2D eigenvalue weighted by molar-refractivity contribution is 5.78. The zero-order chi connectivity index (χ0) is 25.2. The Hall–Kier alpha value is -3.18. The number of morpholine rings is 1. The van der Waals surface area contributed by atoms with Crippen molar-refractivity contribution in [2.75, 3.05) is 29.9 Å². The third-order valence-corrected chi connectivity index (χ3v) is 6.95. The molecule has 0 bridgehead atoms. The Morgan fingerprint density at radius 1 is 1.14 bits per heavy atom. The number of alkyl halides is 2. The first-order valence-electron chi connectivity index (χ1n) is 12.5. The monoisotopic (exact) mass is 498 g/mol. The molecule has 1 aliphatic carbocycles. The Kier molecular flexibility index (Phi) is 7.10. The number of para-hydroxylation sites is 2. The number of hydrogen-bond donors (Lipinski definition) is 3. The third-order valence-electron chi connectivity index (χ3n) is 6.95. The van der Waals surface area contributed by atoms with Crippen LogP contribution in [-0.4, -0.2) is 63.6 Å². The van der Waals surface area contributed by atoms with Gasteiger partial charge in [-0.15, -0.1) is 0 Å². The van der Waals surface area contributed by atoms with Gasteiger partial charge in [-0.1, -0.05) is 12.1 Å². The van der Waals surface area contributed by atoms with E-state index in [0.717, 1.165) is 25.7 Å². The molecule has 3 heterocycles. The minimum Gasteiger partial charge on any atom is -0.366 e. The van der Waals surface area contributed by atoms with Crippen LogP contribution in [0, 0.1) is 11.3 Å². The molecule has 0 amide bonds. The van der Waals surface area contributed by atoms with Crippen LogP contribution in [0.2, 0.25) is 0 Å². The Balaban J connectivity index is 1.54. The summed E-state index contributed by atoms with van der Waals surface area (Å²) in [5.41, 5.74) is 7.08. The van der Waals surface area contributed by atoms with Crippen molar-refractivity contribution in [1.29, 1.82) is 5.41 Å². The molecule has 2 aliphatic rings. The van der Waals surface area contributed by atoms with E-state index < -0.39 is 6.43 Å². The quantitative estimate of drug-likeness (QED) is 0.423. The number of nitrogens with zero attached hydrogens (tertiary/aromatic N) is 5. The molecule has 4 N–H and O–H groups in total. The van der Waals surface area contributed by atoms with Gasteiger partial charge < -0.3 is 26.1 Å². The van der Waals surface area contributed by atoms with Gasteiger partial charge in [0, 0.05) is 31.4 Å². The van der Waals surface area contributed by atoms with E-state index in [0.29, 0.717) is 54.2 Å². The smallest absolute Gasteiger partial charge is 0.296 e. The SMILES string of the molecule is C[C@@H]1CN(c2cc(-n3c(C(F)F)nc4ccccc43)nc(NCC3CCC(N)CC3)n2)C[C@H](C=N)O1. The van der Waals surface area contributed by atoms with Crippen LogP contribution in [0.25, 0.3) is 16.9 Å². The van der Waals surface area contributed by atoms with Crippen molar-refractivity contribution in [3.8, 4) is 5.82 Å². The lowest BCUT2D eigenvalue weighted by Gasteiger charge is -2.36. The summed E-state index contributed by atoms with van der Waals surface area (Å²) in [6.45, 7) is 3.63. The fourth-order valence-electron chi connectivity index (χ4n) is 5.10. The molecule has 0 unspecified atom stereocenters. The van der Waals surface area contributed by atoms with Gasteiger partial charge >= 0.3 is 0 Å². The molecular formula is C25H32F2N8O. The lowest BCUT2D eigenvalue weighted by atomic mass is 9.86. The highest BCUT2D eigenvalue weighted by Crippen LogP contribution is 2.30. The highest BCUT2D eigenvalue weighted by atomic mass is 19.3. The maximum Gasteiger partial charge on any atom is 0.296 e. The summed E-state index contributed by atoms with van der Waals surface area (Å²) in [5.74, 6) is 1.38. The molecule has 11 heteroatoms. The number of rotatable bonds is 7. The Labute approximate surface area is 208 Å². The molecule has 1 aromatic carbocycles. The maximum absolute atomic E-state index is 14.1. The predicted octanol–water partition coefficient (Wildman–Crippen LogP) is 3.93. The van der Waals surface area contributed by atoms with Gasteiger partial charge in [-0.2, -0.15) is 9.97 Å². The lowest BCUT2D eigenvalue weighted by Crippen LogP contribution is -2.47. The lowest BCUT2D eigenvalue weighted by molar-refractivity contribution is 0.0224. The molecule has 0 spiro atoms. The van der Waals surface area contributed by atoms with E-state index in [1.165, 1.54) is 10.8 Å². The van der Waals surface area contributed by atoms with Crippen molar-refractivity contribution in [2.24, 2.45) is 11.7 Å². The molecule has 3 aromatic rings. The first kappa shape index (κ1) is 24.5. The van der Waals surface area contributed by atoms with E-state index in [9.17, 15) is 8.78 Å². The molecule has 36 heavy (non-hydrogen) atoms. The van der Waals surface area contributed by atoms with E-state index in [1.54, 1.807) is 30.3 Å². The van der Waals surface area contributed by atoms with Crippen LogP contribution in [0.1, 0.15) is 44.9 Å². The summed E-state index contributed by atoms with van der Waals surface area (Å²) in [6.07, 6.45) is 2.06. The number of anilines is 2. The van der Waals surface area contributed by atoms with Gasteiger partial charge in [0.2, 0.25) is 5.95 Å². The average Bonchev–Trinajstić information content (AvgIpc) is 3.28. The molecule has 2 fully saturated rings. The number of hydrogen-bond acceptors (Lipinski definition) is 8. The van der Waals surface area contributed by atoms with Crippen molar-refractivity contribution in [3.05, 3.63) is 36.2 Å². The van der Waals surface area contributed by atoms with Gasteiger partial charge in [-0.3, -0.25) is 4.57 Å². The number of nitrogens with one attached hydrogen (secondary N) is 2. The summed E-state index contributed by atoms with van der Waals surface area (Å²) >= 11 is 0. The topological polar surface area (TPSA) is 118 Å². The number of imidazole rings is 1. The number of fused-ring (bicyclic) bond motifs is 1. The molecule has 1 saturated heterocycles. The van der Waals surface area contributed by atoms with Crippen LogP contribution in [0.4, 0.5) is 20.5 Å². The van der Waals surface area contributed by atoms with Crippen molar-refractivity contribution in [3.63, 3.8) is 0 Å². The molecule has 2 atom stereocenters. The van der Waals surface area contributed by atoms with Gasteiger partial charge in [-0.05, 0) is 50.7 Å². The van der Waals surface area contributed by atoms with Crippen LogP contribution in [0.3, 0.4) is 0 Å². The fourth-order valence-corrected chi connectivity index (χ4v) is 5.10. The first-order valence-corrected chi connectivity index (χ1v) is 12.5. The first-order chi connectivity index (χ1) is 17.4. The zero-order valence-electron chi connectivity index (χ0n) is 20.3. The van der Waals surface area contributed by atoms with Crippen molar-refractivity contribution in [2.45, 2.75) is 57.3 Å². The summed E-state index contributed by atoms with van der Waals surface area (Å²) in [4.78, 5) is 15.6. The van der Waals surface area contributed by atoms with Crippen LogP contribution in [0.15, 0.2) is 30.3 Å². The second-order valence-electron chi connectivity index (χ2n) is 9.72. The standard InChI is InChI=1S/C25H32F2N8O/c1-15-13-34(14-18(11-28)36-15)21-10-22(33-25(32-21)30-12-16-6-8-17(29)9-7-16)35-20-5-3-2-4-19(20)31-24(35)23(26)27/h2-5,10-11,15-18,23,28H,6-9,12-14,29H2,1H3,(H,30,32,33)/t15-,16?,17?,18+/m1/s1. The molecule has 5 rings (SSSR count). The van der Waals surface area contributed by atoms with E-state index in [-0.39, 0.29) is 24.1 Å². The van der Waals surface area contributed by atoms with Crippen molar-refractivity contribution >= 4 is 29.0 Å². The van der Waals surface area contributed by atoms with Crippen molar-refractivity contribution < 1.29 is 13.5 Å². The Morgan fingerprint density at radius 2 is 1.89 bits per heavy atom. The molecule has 1 aliphatic heterocycles.